The van der Waals surface area contributed by atoms with Gasteiger partial charge in [0.25, 0.3) is 0 Å². The van der Waals surface area contributed by atoms with Gasteiger partial charge in [0.1, 0.15) is 17.9 Å². The fraction of sp³-hybridized carbons (Fsp3) is 0.500. The second-order valence-electron chi connectivity index (χ2n) is 4.73. The van der Waals surface area contributed by atoms with E-state index in [1.807, 2.05) is 6.07 Å². The van der Waals surface area contributed by atoms with Gasteiger partial charge in [-0.3, -0.25) is 0 Å². The first-order valence-electron chi connectivity index (χ1n) is 6.36. The Balaban J connectivity index is 2.23. The number of alkyl halides is 2. The van der Waals surface area contributed by atoms with Crippen molar-refractivity contribution in [2.45, 2.75) is 37.6 Å². The molecule has 0 amide bonds. The van der Waals surface area contributed by atoms with Crippen LogP contribution in [0.2, 0.25) is 0 Å². The smallest absolute Gasteiger partial charge is 0.331 e. The highest BCUT2D eigenvalue weighted by Crippen LogP contribution is 2.38. The van der Waals surface area contributed by atoms with Gasteiger partial charge in [-0.25, -0.2) is 13.6 Å². The summed E-state index contributed by atoms with van der Waals surface area (Å²) in [7, 11) is 0. The van der Waals surface area contributed by atoms with Gasteiger partial charge in [-0.1, -0.05) is 18.2 Å². The topological polar surface area (TPSA) is 38.3 Å². The Morgan fingerprint density at radius 3 is 2.42 bits per heavy atom. The molecule has 1 aromatic carbocycles. The Morgan fingerprint density at radius 2 is 1.89 bits per heavy atom. The zero-order chi connectivity index (χ0) is 13.9. The molecule has 0 aliphatic heterocycles. The van der Waals surface area contributed by atoms with E-state index >= 15 is 0 Å². The maximum atomic E-state index is 13.5. The molecule has 3 atom stereocenters. The summed E-state index contributed by atoms with van der Waals surface area (Å²) in [4.78, 5) is 12.0. The standard InChI is InChI=1S/C14H17F2NO2/c1-2-19-13(18)14(8-11(15)12(16)9-14)17-10-6-4-3-5-7-10/h3-7,11-12,17H,2,8-9H2,1H3/t11-,12+,14+. The molecule has 1 aliphatic rings. The molecule has 2 rings (SSSR count). The van der Waals surface area contributed by atoms with Gasteiger partial charge in [0, 0.05) is 18.5 Å². The van der Waals surface area contributed by atoms with E-state index in [1.54, 1.807) is 31.2 Å². The molecule has 0 heterocycles. The number of carbonyl (C=O) groups excluding carboxylic acids is 1. The molecule has 1 N–H and O–H groups in total. The minimum absolute atomic E-state index is 0.185. The largest absolute Gasteiger partial charge is 0.464 e. The number of carbonyl (C=O) groups is 1. The number of ether oxygens (including phenoxy) is 1. The van der Waals surface area contributed by atoms with E-state index in [2.05, 4.69) is 5.32 Å². The van der Waals surface area contributed by atoms with Crippen LogP contribution in [0.15, 0.2) is 30.3 Å². The lowest BCUT2D eigenvalue weighted by molar-refractivity contribution is -0.148. The molecule has 5 heteroatoms. The van der Waals surface area contributed by atoms with Crippen molar-refractivity contribution in [3.63, 3.8) is 0 Å². The van der Waals surface area contributed by atoms with Crippen LogP contribution in [0, 0.1) is 0 Å². The SMILES string of the molecule is CCOC(=O)[C@]1(Nc2ccccc2)C[C@@H](F)[C@@H](F)C1. The minimum atomic E-state index is -1.64. The van der Waals surface area contributed by atoms with Gasteiger partial charge in [0.05, 0.1) is 6.61 Å². The zero-order valence-corrected chi connectivity index (χ0v) is 10.7. The van der Waals surface area contributed by atoms with Gasteiger partial charge < -0.3 is 10.1 Å². The molecule has 1 aliphatic carbocycles. The first-order valence-corrected chi connectivity index (χ1v) is 6.36. The van der Waals surface area contributed by atoms with Crippen molar-refractivity contribution in [3.8, 4) is 0 Å². The maximum absolute atomic E-state index is 13.5. The number of rotatable bonds is 4. The number of nitrogens with one attached hydrogen (secondary N) is 1. The normalized spacial score (nSPS) is 30.1. The van der Waals surface area contributed by atoms with Crippen LogP contribution < -0.4 is 5.32 Å². The molecule has 1 saturated carbocycles. The Morgan fingerprint density at radius 1 is 1.32 bits per heavy atom. The fourth-order valence-corrected chi connectivity index (χ4v) is 2.39. The summed E-state index contributed by atoms with van der Waals surface area (Å²) in [6, 6.07) is 8.90. The first-order chi connectivity index (χ1) is 9.07. The lowest BCUT2D eigenvalue weighted by Gasteiger charge is -2.28. The van der Waals surface area contributed by atoms with Crippen molar-refractivity contribution < 1.29 is 18.3 Å². The molecule has 0 bridgehead atoms. The van der Waals surface area contributed by atoms with E-state index in [0.717, 1.165) is 0 Å². The molecule has 0 saturated heterocycles. The van der Waals surface area contributed by atoms with Gasteiger partial charge in [-0.15, -0.1) is 0 Å². The molecule has 1 fully saturated rings. The van der Waals surface area contributed by atoms with E-state index in [9.17, 15) is 13.6 Å². The van der Waals surface area contributed by atoms with E-state index in [4.69, 9.17) is 4.74 Å². The van der Waals surface area contributed by atoms with E-state index < -0.39 is 23.9 Å². The molecular weight excluding hydrogens is 252 g/mol. The first kappa shape index (κ1) is 13.8. The lowest BCUT2D eigenvalue weighted by atomic mass is 9.97. The van der Waals surface area contributed by atoms with Crippen LogP contribution >= 0.6 is 0 Å². The molecule has 0 unspecified atom stereocenters. The lowest BCUT2D eigenvalue weighted by Crippen LogP contribution is -2.46. The Kier molecular flexibility index (Phi) is 4.02. The highest BCUT2D eigenvalue weighted by Gasteiger charge is 2.52. The molecule has 0 spiro atoms. The summed E-state index contributed by atoms with van der Waals surface area (Å²) >= 11 is 0. The van der Waals surface area contributed by atoms with E-state index in [0.29, 0.717) is 5.69 Å². The van der Waals surface area contributed by atoms with Crippen molar-refractivity contribution >= 4 is 11.7 Å². The van der Waals surface area contributed by atoms with Crippen molar-refractivity contribution in [1.29, 1.82) is 0 Å². The summed E-state index contributed by atoms with van der Waals surface area (Å²) in [6.45, 7) is 1.86. The third kappa shape index (κ3) is 2.85. The summed E-state index contributed by atoms with van der Waals surface area (Å²) in [5, 5.41) is 2.95. The second kappa shape index (κ2) is 5.55. The summed E-state index contributed by atoms with van der Waals surface area (Å²) in [5.74, 6) is -0.596. The van der Waals surface area contributed by atoms with E-state index in [1.165, 1.54) is 0 Å². The van der Waals surface area contributed by atoms with Crippen LogP contribution in [-0.4, -0.2) is 30.5 Å². The number of para-hydroxylation sites is 1. The molecule has 104 valence electrons. The Labute approximate surface area is 111 Å². The molecule has 19 heavy (non-hydrogen) atoms. The summed E-state index contributed by atoms with van der Waals surface area (Å²) in [5.41, 5.74) is -0.659. The van der Waals surface area contributed by atoms with Gasteiger partial charge in [0.2, 0.25) is 0 Å². The van der Waals surface area contributed by atoms with Crippen LogP contribution in [0.25, 0.3) is 0 Å². The quantitative estimate of drug-likeness (QED) is 0.854. The highest BCUT2D eigenvalue weighted by molar-refractivity contribution is 5.85. The van der Waals surface area contributed by atoms with Gasteiger partial charge >= 0.3 is 5.97 Å². The van der Waals surface area contributed by atoms with Gasteiger partial charge in [0.15, 0.2) is 0 Å². The van der Waals surface area contributed by atoms with Gasteiger partial charge in [-0.2, -0.15) is 0 Å². The minimum Gasteiger partial charge on any atom is -0.464 e. The predicted molar refractivity (Wildman–Crippen MR) is 68.5 cm³/mol. The van der Waals surface area contributed by atoms with Gasteiger partial charge in [-0.05, 0) is 19.1 Å². The molecule has 3 nitrogen and oxygen atoms in total. The number of halogens is 2. The number of esters is 1. The maximum Gasteiger partial charge on any atom is 0.331 e. The van der Waals surface area contributed by atoms with Crippen molar-refractivity contribution in [2.24, 2.45) is 0 Å². The van der Waals surface area contributed by atoms with Crippen molar-refractivity contribution in [1.82, 2.24) is 0 Å². The average Bonchev–Trinajstić information content (AvgIpc) is 2.67. The molecular formula is C14H17F2NO2. The third-order valence-electron chi connectivity index (χ3n) is 3.30. The highest BCUT2D eigenvalue weighted by atomic mass is 19.2. The number of anilines is 1. The predicted octanol–water partition coefficient (Wildman–Crippen LogP) is 2.87. The monoisotopic (exact) mass is 269 g/mol. The third-order valence-corrected chi connectivity index (χ3v) is 3.30. The summed E-state index contributed by atoms with van der Waals surface area (Å²) < 4.78 is 31.9. The Hall–Kier alpha value is -1.65. The second-order valence-corrected chi connectivity index (χ2v) is 4.73. The van der Waals surface area contributed by atoms with Crippen molar-refractivity contribution in [2.75, 3.05) is 11.9 Å². The van der Waals surface area contributed by atoms with Crippen LogP contribution in [0.5, 0.6) is 0 Å². The Bertz CT molecular complexity index is 428. The molecule has 0 aromatic heterocycles. The van der Waals surface area contributed by atoms with Crippen LogP contribution in [-0.2, 0) is 9.53 Å². The van der Waals surface area contributed by atoms with Crippen LogP contribution in [0.4, 0.5) is 14.5 Å². The van der Waals surface area contributed by atoms with Crippen LogP contribution in [0.3, 0.4) is 0 Å². The molecule has 0 radical (unpaired) electrons. The number of benzene rings is 1. The summed E-state index contributed by atoms with van der Waals surface area (Å²) in [6.07, 6.45) is -3.69. The van der Waals surface area contributed by atoms with Crippen LogP contribution in [0.1, 0.15) is 19.8 Å². The zero-order valence-electron chi connectivity index (χ0n) is 10.7. The number of hydrogen-bond donors (Lipinski definition) is 1. The number of hydrogen-bond acceptors (Lipinski definition) is 3. The average molecular weight is 269 g/mol. The fourth-order valence-electron chi connectivity index (χ4n) is 2.39. The van der Waals surface area contributed by atoms with Crippen molar-refractivity contribution in [3.05, 3.63) is 30.3 Å². The molecule has 1 aromatic rings. The van der Waals surface area contributed by atoms with E-state index in [-0.39, 0.29) is 19.4 Å².